The normalized spacial score (nSPS) is 11.8. The van der Waals surface area contributed by atoms with Gasteiger partial charge in [-0.3, -0.25) is 0 Å². The van der Waals surface area contributed by atoms with Crippen LogP contribution < -0.4 is 0 Å². The third-order valence-corrected chi connectivity index (χ3v) is 4.00. The van der Waals surface area contributed by atoms with Gasteiger partial charge in [-0.25, -0.2) is 0 Å². The van der Waals surface area contributed by atoms with Crippen LogP contribution in [0.3, 0.4) is 0 Å². The summed E-state index contributed by atoms with van der Waals surface area (Å²) in [5, 5.41) is 9.97. The molecule has 0 amide bonds. The van der Waals surface area contributed by atoms with Gasteiger partial charge in [0.2, 0.25) is 0 Å². The molecule has 0 fully saturated rings. The van der Waals surface area contributed by atoms with Gasteiger partial charge in [-0.15, -0.1) is 0 Å². The zero-order valence-corrected chi connectivity index (χ0v) is 13.8. The maximum Gasteiger partial charge on any atom is 0.118 e. The number of aryl methyl sites for hydroxylation is 1. The number of phenolic OH excluding ortho intramolecular Hbond substituents is 1. The lowest BCUT2D eigenvalue weighted by atomic mass is 9.85. The summed E-state index contributed by atoms with van der Waals surface area (Å²) in [5.74, 6) is 0.462. The summed E-state index contributed by atoms with van der Waals surface area (Å²) in [6.07, 6.45) is 10.2. The van der Waals surface area contributed by atoms with E-state index in [1.807, 2.05) is 12.1 Å². The number of unbranched alkanes of at least 4 members (excludes halogenated alkanes) is 6. The van der Waals surface area contributed by atoms with Gasteiger partial charge in [-0.2, -0.15) is 0 Å². The van der Waals surface area contributed by atoms with E-state index in [2.05, 4.69) is 33.8 Å². The molecule has 0 atom stereocenters. The van der Waals surface area contributed by atoms with E-state index in [1.54, 1.807) is 0 Å². The Bertz CT molecular complexity index is 387. The van der Waals surface area contributed by atoms with Crippen molar-refractivity contribution in [1.82, 2.24) is 0 Å². The third kappa shape index (κ3) is 5.98. The summed E-state index contributed by atoms with van der Waals surface area (Å²) in [7, 11) is 0. The van der Waals surface area contributed by atoms with Gasteiger partial charge in [0.15, 0.2) is 0 Å². The lowest BCUT2D eigenvalue weighted by Gasteiger charge is -2.20. The number of benzene rings is 1. The number of hydrogen-bond acceptors (Lipinski definition) is 1. The van der Waals surface area contributed by atoms with Crippen LogP contribution in [0.25, 0.3) is 0 Å². The first-order chi connectivity index (χ1) is 9.45. The molecule has 0 bridgehead atoms. The molecule has 20 heavy (non-hydrogen) atoms. The Balaban J connectivity index is 2.40. The molecule has 1 rings (SSSR count). The molecule has 0 aromatic heterocycles. The van der Waals surface area contributed by atoms with E-state index in [0.29, 0.717) is 5.75 Å². The van der Waals surface area contributed by atoms with E-state index in [4.69, 9.17) is 0 Å². The average Bonchev–Trinajstić information content (AvgIpc) is 2.38. The largest absolute Gasteiger partial charge is 0.508 e. The summed E-state index contributed by atoms with van der Waals surface area (Å²) in [5.41, 5.74) is 2.59. The van der Waals surface area contributed by atoms with Crippen molar-refractivity contribution in [3.63, 3.8) is 0 Å². The maximum atomic E-state index is 9.97. The number of aromatic hydroxyl groups is 1. The van der Waals surface area contributed by atoms with Crippen LogP contribution in [0.1, 0.15) is 83.8 Å². The highest BCUT2D eigenvalue weighted by molar-refractivity contribution is 5.38. The van der Waals surface area contributed by atoms with Gasteiger partial charge in [-0.1, -0.05) is 78.4 Å². The van der Waals surface area contributed by atoms with Crippen molar-refractivity contribution >= 4 is 0 Å². The van der Waals surface area contributed by atoms with Gasteiger partial charge in [-0.05, 0) is 35.4 Å². The van der Waals surface area contributed by atoms with Gasteiger partial charge >= 0.3 is 0 Å². The van der Waals surface area contributed by atoms with Gasteiger partial charge in [0, 0.05) is 0 Å². The predicted molar refractivity (Wildman–Crippen MR) is 88.5 cm³/mol. The Morgan fingerprint density at radius 2 is 1.50 bits per heavy atom. The summed E-state index contributed by atoms with van der Waals surface area (Å²) >= 11 is 0. The fourth-order valence-corrected chi connectivity index (χ4v) is 2.52. The second-order valence-electron chi connectivity index (χ2n) is 6.96. The van der Waals surface area contributed by atoms with Crippen LogP contribution in [0.15, 0.2) is 18.2 Å². The van der Waals surface area contributed by atoms with E-state index in [0.717, 1.165) is 12.0 Å². The second-order valence-corrected chi connectivity index (χ2v) is 6.96. The number of rotatable bonds is 8. The van der Waals surface area contributed by atoms with Crippen LogP contribution in [0.5, 0.6) is 5.75 Å². The van der Waals surface area contributed by atoms with Crippen molar-refractivity contribution in [2.24, 2.45) is 0 Å². The van der Waals surface area contributed by atoms with Crippen molar-refractivity contribution in [1.29, 1.82) is 0 Å². The van der Waals surface area contributed by atoms with Crippen LogP contribution in [-0.2, 0) is 11.8 Å². The quantitative estimate of drug-likeness (QED) is 0.579. The molecule has 0 unspecified atom stereocenters. The van der Waals surface area contributed by atoms with Crippen molar-refractivity contribution in [3.8, 4) is 5.75 Å². The molecule has 0 aliphatic heterocycles. The van der Waals surface area contributed by atoms with Crippen molar-refractivity contribution in [3.05, 3.63) is 29.3 Å². The topological polar surface area (TPSA) is 20.2 Å². The van der Waals surface area contributed by atoms with Crippen LogP contribution in [0.2, 0.25) is 0 Å². The van der Waals surface area contributed by atoms with Crippen molar-refractivity contribution in [2.75, 3.05) is 0 Å². The summed E-state index contributed by atoms with van der Waals surface area (Å²) in [6, 6.07) is 6.09. The first kappa shape index (κ1) is 17.1. The molecule has 1 nitrogen and oxygen atoms in total. The highest BCUT2D eigenvalue weighted by atomic mass is 16.3. The predicted octanol–water partition coefficient (Wildman–Crippen LogP) is 5.98. The SMILES string of the molecule is CCCCCCCCCc1cc(C(C)(C)C)ccc1O. The van der Waals surface area contributed by atoms with Crippen molar-refractivity contribution < 1.29 is 5.11 Å². The van der Waals surface area contributed by atoms with E-state index >= 15 is 0 Å². The van der Waals surface area contributed by atoms with Crippen LogP contribution in [0.4, 0.5) is 0 Å². The van der Waals surface area contributed by atoms with E-state index in [1.165, 1.54) is 50.5 Å². The maximum absolute atomic E-state index is 9.97. The Kier molecular flexibility index (Phi) is 7.12. The zero-order chi connectivity index (χ0) is 15.0. The van der Waals surface area contributed by atoms with Crippen molar-refractivity contribution in [2.45, 2.75) is 84.5 Å². The molecular formula is C19H32O. The van der Waals surface area contributed by atoms with Gasteiger partial charge in [0.05, 0.1) is 0 Å². The first-order valence-corrected chi connectivity index (χ1v) is 8.27. The minimum absolute atomic E-state index is 0.155. The average molecular weight is 276 g/mol. The highest BCUT2D eigenvalue weighted by Gasteiger charge is 2.15. The Morgan fingerprint density at radius 1 is 0.900 bits per heavy atom. The van der Waals surface area contributed by atoms with Crippen LogP contribution in [-0.4, -0.2) is 5.11 Å². The van der Waals surface area contributed by atoms with Crippen LogP contribution >= 0.6 is 0 Å². The summed E-state index contributed by atoms with van der Waals surface area (Å²) < 4.78 is 0. The Hall–Kier alpha value is -0.980. The molecule has 1 N–H and O–H groups in total. The van der Waals surface area contributed by atoms with Gasteiger partial charge in [0.25, 0.3) is 0 Å². The summed E-state index contributed by atoms with van der Waals surface area (Å²) in [4.78, 5) is 0. The van der Waals surface area contributed by atoms with Gasteiger partial charge in [0.1, 0.15) is 5.75 Å². The molecule has 0 aliphatic carbocycles. The Labute approximate surface area is 125 Å². The molecule has 1 heteroatoms. The fourth-order valence-electron chi connectivity index (χ4n) is 2.52. The minimum Gasteiger partial charge on any atom is -0.508 e. The molecule has 114 valence electrons. The lowest BCUT2D eigenvalue weighted by molar-refractivity contribution is 0.464. The first-order valence-electron chi connectivity index (χ1n) is 8.27. The third-order valence-electron chi connectivity index (χ3n) is 4.00. The monoisotopic (exact) mass is 276 g/mol. The summed E-state index contributed by atoms with van der Waals surface area (Å²) in [6.45, 7) is 8.91. The molecule has 1 aromatic rings. The standard InChI is InChI=1S/C19H32O/c1-5-6-7-8-9-10-11-12-16-15-17(19(2,3)4)13-14-18(16)20/h13-15,20H,5-12H2,1-4H3. The zero-order valence-electron chi connectivity index (χ0n) is 13.8. The minimum atomic E-state index is 0.155. The Morgan fingerprint density at radius 3 is 2.10 bits per heavy atom. The van der Waals surface area contributed by atoms with E-state index in [-0.39, 0.29) is 5.41 Å². The molecule has 1 aromatic carbocycles. The van der Waals surface area contributed by atoms with E-state index < -0.39 is 0 Å². The van der Waals surface area contributed by atoms with Crippen LogP contribution in [0, 0.1) is 0 Å². The molecule has 0 radical (unpaired) electrons. The smallest absolute Gasteiger partial charge is 0.118 e. The molecular weight excluding hydrogens is 244 g/mol. The van der Waals surface area contributed by atoms with Gasteiger partial charge < -0.3 is 5.11 Å². The fraction of sp³-hybridized carbons (Fsp3) is 0.684. The molecule has 0 saturated carbocycles. The second kappa shape index (κ2) is 8.34. The molecule has 0 spiro atoms. The lowest BCUT2D eigenvalue weighted by Crippen LogP contribution is -2.11. The molecule has 0 saturated heterocycles. The molecule has 0 heterocycles. The number of hydrogen-bond donors (Lipinski definition) is 1. The molecule has 0 aliphatic rings. The van der Waals surface area contributed by atoms with E-state index in [9.17, 15) is 5.11 Å². The number of phenols is 1. The highest BCUT2D eigenvalue weighted by Crippen LogP contribution is 2.28.